The lowest BCUT2D eigenvalue weighted by molar-refractivity contribution is -0.384. The number of rotatable bonds is 7. The lowest BCUT2D eigenvalue weighted by Gasteiger charge is -2.19. The Labute approximate surface area is 175 Å². The number of nitro groups is 1. The average molecular weight is 414 g/mol. The SMILES string of the molecule is COc1ccc([N+](=O)[O-])cc1NC(=O)C(C)Nc1ccc(NC(=O)C(C)(C)C)cc1. The highest BCUT2D eigenvalue weighted by Crippen LogP contribution is 2.29. The molecule has 2 aromatic rings. The van der Waals surface area contributed by atoms with Crippen molar-refractivity contribution in [2.24, 2.45) is 5.41 Å². The summed E-state index contributed by atoms with van der Waals surface area (Å²) in [7, 11) is 1.42. The highest BCUT2D eigenvalue weighted by molar-refractivity contribution is 5.98. The zero-order valence-electron chi connectivity index (χ0n) is 17.6. The number of carbonyl (C=O) groups excluding carboxylic acids is 2. The molecule has 0 aromatic heterocycles. The van der Waals surface area contributed by atoms with Crippen molar-refractivity contribution in [3.05, 3.63) is 52.6 Å². The minimum atomic E-state index is -0.635. The van der Waals surface area contributed by atoms with E-state index in [0.717, 1.165) is 0 Å². The van der Waals surface area contributed by atoms with Gasteiger partial charge in [-0.3, -0.25) is 19.7 Å². The number of nitrogens with one attached hydrogen (secondary N) is 3. The molecule has 0 spiro atoms. The lowest BCUT2D eigenvalue weighted by atomic mass is 9.95. The molecular weight excluding hydrogens is 388 g/mol. The molecule has 0 aliphatic carbocycles. The van der Waals surface area contributed by atoms with E-state index in [4.69, 9.17) is 4.74 Å². The Bertz CT molecular complexity index is 935. The van der Waals surface area contributed by atoms with Crippen LogP contribution in [-0.4, -0.2) is 29.9 Å². The van der Waals surface area contributed by atoms with Crippen molar-refractivity contribution in [3.8, 4) is 5.75 Å². The van der Waals surface area contributed by atoms with Crippen LogP contribution in [-0.2, 0) is 9.59 Å². The average Bonchev–Trinajstić information content (AvgIpc) is 2.68. The van der Waals surface area contributed by atoms with Crippen molar-refractivity contribution in [2.45, 2.75) is 33.7 Å². The molecule has 30 heavy (non-hydrogen) atoms. The number of anilines is 3. The molecule has 1 unspecified atom stereocenters. The highest BCUT2D eigenvalue weighted by Gasteiger charge is 2.21. The fourth-order valence-electron chi connectivity index (χ4n) is 2.43. The molecule has 0 saturated heterocycles. The topological polar surface area (TPSA) is 123 Å². The van der Waals surface area contributed by atoms with Gasteiger partial charge >= 0.3 is 0 Å². The van der Waals surface area contributed by atoms with Crippen LogP contribution in [0.5, 0.6) is 5.75 Å². The number of hydrogen-bond donors (Lipinski definition) is 3. The number of ether oxygens (including phenoxy) is 1. The fraction of sp³-hybridized carbons (Fsp3) is 0.333. The van der Waals surface area contributed by atoms with Crippen LogP contribution in [0.25, 0.3) is 0 Å². The van der Waals surface area contributed by atoms with Crippen LogP contribution in [0.3, 0.4) is 0 Å². The van der Waals surface area contributed by atoms with Gasteiger partial charge < -0.3 is 20.7 Å². The van der Waals surface area contributed by atoms with Gasteiger partial charge in [-0.15, -0.1) is 0 Å². The van der Waals surface area contributed by atoms with E-state index in [1.165, 1.54) is 25.3 Å². The Hall–Kier alpha value is -3.62. The molecule has 0 radical (unpaired) electrons. The van der Waals surface area contributed by atoms with Gasteiger partial charge in [0.05, 0.1) is 17.7 Å². The van der Waals surface area contributed by atoms with Gasteiger partial charge in [-0.05, 0) is 37.3 Å². The Balaban J connectivity index is 2.03. The monoisotopic (exact) mass is 414 g/mol. The molecule has 2 rings (SSSR count). The van der Waals surface area contributed by atoms with E-state index < -0.39 is 16.4 Å². The summed E-state index contributed by atoms with van der Waals surface area (Å²) in [6.45, 7) is 7.15. The standard InChI is InChI=1S/C21H26N4O5/c1-13(19(26)24-17-12-16(25(28)29)10-11-18(17)30-5)22-14-6-8-15(9-7-14)23-20(27)21(2,3)4/h6-13,22H,1-5H3,(H,23,27)(H,24,26). The molecule has 3 N–H and O–H groups in total. The number of non-ortho nitro benzene ring substituents is 1. The molecule has 9 heteroatoms. The van der Waals surface area contributed by atoms with Gasteiger partial charge in [0.15, 0.2) is 0 Å². The molecule has 0 heterocycles. The zero-order chi connectivity index (χ0) is 22.5. The van der Waals surface area contributed by atoms with Gasteiger partial charge in [-0.1, -0.05) is 20.8 Å². The molecule has 0 aliphatic rings. The number of carbonyl (C=O) groups is 2. The van der Waals surface area contributed by atoms with Crippen LogP contribution in [0.1, 0.15) is 27.7 Å². The van der Waals surface area contributed by atoms with Crippen molar-refractivity contribution >= 4 is 34.6 Å². The maximum Gasteiger partial charge on any atom is 0.271 e. The highest BCUT2D eigenvalue weighted by atomic mass is 16.6. The second kappa shape index (κ2) is 9.25. The smallest absolute Gasteiger partial charge is 0.271 e. The summed E-state index contributed by atoms with van der Waals surface area (Å²) in [5.74, 6) is -0.166. The number of nitrogens with zero attached hydrogens (tertiary/aromatic N) is 1. The maximum atomic E-state index is 12.5. The predicted octanol–water partition coefficient (Wildman–Crippen LogP) is 4.03. The van der Waals surface area contributed by atoms with Crippen LogP contribution < -0.4 is 20.7 Å². The molecule has 160 valence electrons. The molecule has 9 nitrogen and oxygen atoms in total. The number of hydrogen-bond acceptors (Lipinski definition) is 6. The first kappa shape index (κ1) is 22.7. The Morgan fingerprint density at radius 2 is 1.63 bits per heavy atom. The van der Waals surface area contributed by atoms with E-state index in [1.807, 2.05) is 20.8 Å². The minimum absolute atomic E-state index is 0.0955. The predicted molar refractivity (Wildman–Crippen MR) is 116 cm³/mol. The van der Waals surface area contributed by atoms with Crippen molar-refractivity contribution in [1.82, 2.24) is 0 Å². The normalized spacial score (nSPS) is 11.9. The lowest BCUT2D eigenvalue weighted by Crippen LogP contribution is -2.32. The fourth-order valence-corrected chi connectivity index (χ4v) is 2.43. The van der Waals surface area contributed by atoms with Crippen molar-refractivity contribution in [2.75, 3.05) is 23.1 Å². The summed E-state index contributed by atoms with van der Waals surface area (Å²) in [5.41, 5.74) is 0.887. The zero-order valence-corrected chi connectivity index (χ0v) is 17.6. The van der Waals surface area contributed by atoms with Crippen LogP contribution in [0, 0.1) is 15.5 Å². The first-order valence-corrected chi connectivity index (χ1v) is 9.32. The van der Waals surface area contributed by atoms with Crippen LogP contribution in [0.2, 0.25) is 0 Å². The molecule has 2 amide bonds. The van der Waals surface area contributed by atoms with Gasteiger partial charge in [0, 0.05) is 28.9 Å². The van der Waals surface area contributed by atoms with E-state index >= 15 is 0 Å². The van der Waals surface area contributed by atoms with E-state index in [2.05, 4.69) is 16.0 Å². The third-order valence-corrected chi connectivity index (χ3v) is 4.25. The Morgan fingerprint density at radius 3 is 2.17 bits per heavy atom. The van der Waals surface area contributed by atoms with Crippen LogP contribution in [0.4, 0.5) is 22.7 Å². The molecule has 0 bridgehead atoms. The number of benzene rings is 2. The molecular formula is C21H26N4O5. The second-order valence-corrected chi connectivity index (χ2v) is 7.78. The van der Waals surface area contributed by atoms with Crippen molar-refractivity contribution < 1.29 is 19.2 Å². The first-order valence-electron chi connectivity index (χ1n) is 9.32. The molecule has 0 saturated carbocycles. The van der Waals surface area contributed by atoms with Gasteiger partial charge in [0.2, 0.25) is 11.8 Å². The van der Waals surface area contributed by atoms with Gasteiger partial charge in [-0.2, -0.15) is 0 Å². The number of amides is 2. The van der Waals surface area contributed by atoms with Crippen molar-refractivity contribution in [3.63, 3.8) is 0 Å². The van der Waals surface area contributed by atoms with Crippen LogP contribution in [0.15, 0.2) is 42.5 Å². The first-order chi connectivity index (χ1) is 14.0. The minimum Gasteiger partial charge on any atom is -0.495 e. The quantitative estimate of drug-likeness (QED) is 0.464. The Kier molecular flexibility index (Phi) is 6.99. The van der Waals surface area contributed by atoms with E-state index in [1.54, 1.807) is 31.2 Å². The Morgan fingerprint density at radius 1 is 1.03 bits per heavy atom. The van der Waals surface area contributed by atoms with E-state index in [0.29, 0.717) is 17.1 Å². The molecule has 2 aromatic carbocycles. The van der Waals surface area contributed by atoms with E-state index in [9.17, 15) is 19.7 Å². The summed E-state index contributed by atoms with van der Waals surface area (Å²) in [5, 5.41) is 19.5. The van der Waals surface area contributed by atoms with Gasteiger partial charge in [-0.25, -0.2) is 0 Å². The third kappa shape index (κ3) is 5.94. The maximum absolute atomic E-state index is 12.5. The van der Waals surface area contributed by atoms with Crippen molar-refractivity contribution in [1.29, 1.82) is 0 Å². The van der Waals surface area contributed by atoms with Crippen LogP contribution >= 0.6 is 0 Å². The second-order valence-electron chi connectivity index (χ2n) is 7.78. The molecule has 0 fully saturated rings. The summed E-state index contributed by atoms with van der Waals surface area (Å²) >= 11 is 0. The largest absolute Gasteiger partial charge is 0.495 e. The number of methoxy groups -OCH3 is 1. The third-order valence-electron chi connectivity index (χ3n) is 4.25. The van der Waals surface area contributed by atoms with E-state index in [-0.39, 0.29) is 23.2 Å². The van der Waals surface area contributed by atoms with Gasteiger partial charge in [0.25, 0.3) is 5.69 Å². The summed E-state index contributed by atoms with van der Waals surface area (Å²) in [6, 6.07) is 10.3. The molecule has 1 atom stereocenters. The summed E-state index contributed by atoms with van der Waals surface area (Å²) in [4.78, 5) is 35.0. The van der Waals surface area contributed by atoms with Gasteiger partial charge in [0.1, 0.15) is 11.8 Å². The number of nitro benzene ring substituents is 1. The summed E-state index contributed by atoms with van der Waals surface area (Å²) < 4.78 is 5.16. The summed E-state index contributed by atoms with van der Waals surface area (Å²) in [6.07, 6.45) is 0. The molecule has 0 aliphatic heterocycles.